The van der Waals surface area contributed by atoms with Crippen LogP contribution in [-0.4, -0.2) is 58.2 Å². The second-order valence-electron chi connectivity index (χ2n) is 8.52. The van der Waals surface area contributed by atoms with E-state index in [0.29, 0.717) is 19.8 Å². The van der Waals surface area contributed by atoms with Crippen molar-refractivity contribution in [3.63, 3.8) is 0 Å². The van der Waals surface area contributed by atoms with E-state index in [2.05, 4.69) is 10.6 Å². The summed E-state index contributed by atoms with van der Waals surface area (Å²) in [7, 11) is 1.62. The van der Waals surface area contributed by atoms with Crippen molar-refractivity contribution in [1.29, 1.82) is 0 Å². The van der Waals surface area contributed by atoms with Crippen LogP contribution in [0.3, 0.4) is 0 Å². The highest BCUT2D eigenvalue weighted by atomic mass is 16.6. The Balaban J connectivity index is 2.50. The van der Waals surface area contributed by atoms with Crippen LogP contribution < -0.4 is 10.6 Å². The minimum Gasteiger partial charge on any atom is -0.447 e. The number of rotatable bonds is 13. The lowest BCUT2D eigenvalue weighted by Crippen LogP contribution is -2.43. The van der Waals surface area contributed by atoms with Crippen LogP contribution >= 0.6 is 0 Å². The van der Waals surface area contributed by atoms with Gasteiger partial charge in [-0.3, -0.25) is 4.79 Å². The van der Waals surface area contributed by atoms with Crippen LogP contribution in [0, 0.1) is 0 Å². The number of hydrogen-bond acceptors (Lipinski definition) is 6. The van der Waals surface area contributed by atoms with Gasteiger partial charge in [0.05, 0.1) is 43.6 Å². The quantitative estimate of drug-likeness (QED) is 0.460. The molecule has 1 atom stereocenters. The maximum absolute atomic E-state index is 12.2. The monoisotopic (exact) mass is 438 g/mol. The molecular weight excluding hydrogens is 400 g/mol. The molecule has 0 bridgehead atoms. The van der Waals surface area contributed by atoms with E-state index in [1.807, 2.05) is 58.9 Å². The van der Waals surface area contributed by atoms with Crippen molar-refractivity contribution in [2.24, 2.45) is 0 Å². The second kappa shape index (κ2) is 12.6. The van der Waals surface area contributed by atoms with Gasteiger partial charge in [0.1, 0.15) is 6.61 Å². The van der Waals surface area contributed by atoms with Gasteiger partial charge in [-0.05, 0) is 45.7 Å². The SMILES string of the molecule is COCCOC(C)COCCOC(=O)NC(C)(C)c1cccc(C(C)(C)NC(C)=O)c1. The number of alkyl carbamates (subject to hydrolysis) is 1. The summed E-state index contributed by atoms with van der Waals surface area (Å²) in [6, 6.07) is 7.77. The van der Waals surface area contributed by atoms with E-state index >= 15 is 0 Å². The number of hydrogen-bond donors (Lipinski definition) is 2. The Labute approximate surface area is 186 Å². The van der Waals surface area contributed by atoms with Crippen molar-refractivity contribution in [1.82, 2.24) is 10.6 Å². The number of amides is 2. The van der Waals surface area contributed by atoms with Gasteiger partial charge >= 0.3 is 6.09 Å². The standard InChI is InChI=1S/C23H38N2O6/c1-17(30-13-11-28-7)16-29-12-14-31-21(27)25-23(5,6)20-10-8-9-19(15-20)22(3,4)24-18(2)26/h8-10,15,17H,11-14,16H2,1-7H3,(H,24,26)(H,25,27). The number of methoxy groups -OCH3 is 1. The van der Waals surface area contributed by atoms with Gasteiger partial charge in [-0.25, -0.2) is 4.79 Å². The van der Waals surface area contributed by atoms with Crippen LogP contribution in [-0.2, 0) is 34.8 Å². The van der Waals surface area contributed by atoms with E-state index in [-0.39, 0.29) is 25.2 Å². The average Bonchev–Trinajstić information content (AvgIpc) is 2.66. The highest BCUT2D eigenvalue weighted by molar-refractivity contribution is 5.74. The number of carbonyl (C=O) groups excluding carboxylic acids is 2. The van der Waals surface area contributed by atoms with E-state index in [1.165, 1.54) is 6.92 Å². The molecule has 8 nitrogen and oxygen atoms in total. The van der Waals surface area contributed by atoms with Gasteiger partial charge in [0.15, 0.2) is 0 Å². The maximum Gasteiger partial charge on any atom is 0.407 e. The first-order chi connectivity index (χ1) is 14.5. The molecule has 1 aromatic carbocycles. The molecule has 0 saturated carbocycles. The topological polar surface area (TPSA) is 95.1 Å². The van der Waals surface area contributed by atoms with Crippen molar-refractivity contribution in [3.8, 4) is 0 Å². The van der Waals surface area contributed by atoms with Gasteiger partial charge in [-0.2, -0.15) is 0 Å². The third kappa shape index (κ3) is 10.1. The molecule has 0 aliphatic heterocycles. The molecule has 0 aliphatic carbocycles. The van der Waals surface area contributed by atoms with E-state index in [1.54, 1.807) is 7.11 Å². The van der Waals surface area contributed by atoms with Gasteiger partial charge in [0.2, 0.25) is 5.91 Å². The smallest absolute Gasteiger partial charge is 0.407 e. The summed E-state index contributed by atoms with van der Waals surface area (Å²) in [4.78, 5) is 23.7. The number of nitrogens with one attached hydrogen (secondary N) is 2. The molecule has 0 heterocycles. The molecule has 1 aromatic rings. The van der Waals surface area contributed by atoms with Gasteiger partial charge < -0.3 is 29.6 Å². The lowest BCUT2D eigenvalue weighted by molar-refractivity contribution is -0.120. The van der Waals surface area contributed by atoms with E-state index in [4.69, 9.17) is 18.9 Å². The number of carbonyl (C=O) groups is 2. The zero-order chi connectivity index (χ0) is 23.5. The highest BCUT2D eigenvalue weighted by Crippen LogP contribution is 2.26. The van der Waals surface area contributed by atoms with Crippen LogP contribution in [0.25, 0.3) is 0 Å². The Morgan fingerprint density at radius 2 is 1.58 bits per heavy atom. The molecule has 31 heavy (non-hydrogen) atoms. The molecule has 0 radical (unpaired) electrons. The molecule has 176 valence electrons. The highest BCUT2D eigenvalue weighted by Gasteiger charge is 2.27. The minimum absolute atomic E-state index is 0.0584. The molecule has 0 fully saturated rings. The summed E-state index contributed by atoms with van der Waals surface area (Å²) >= 11 is 0. The lowest BCUT2D eigenvalue weighted by Gasteiger charge is -2.30. The van der Waals surface area contributed by atoms with Gasteiger partial charge in [-0.15, -0.1) is 0 Å². The molecule has 1 rings (SSSR count). The first kappa shape index (κ1) is 26.9. The van der Waals surface area contributed by atoms with E-state index in [0.717, 1.165) is 11.1 Å². The Kier molecular flexibility index (Phi) is 11.0. The van der Waals surface area contributed by atoms with Crippen LogP contribution in [0.4, 0.5) is 4.79 Å². The Hall–Kier alpha value is -2.16. The van der Waals surface area contributed by atoms with Crippen molar-refractivity contribution in [2.45, 2.75) is 58.7 Å². The zero-order valence-corrected chi connectivity index (χ0v) is 19.9. The first-order valence-corrected chi connectivity index (χ1v) is 10.5. The summed E-state index contributed by atoms with van der Waals surface area (Å²) in [5, 5.41) is 5.82. The van der Waals surface area contributed by atoms with E-state index < -0.39 is 17.2 Å². The van der Waals surface area contributed by atoms with Crippen molar-refractivity contribution in [3.05, 3.63) is 35.4 Å². The predicted molar refractivity (Wildman–Crippen MR) is 119 cm³/mol. The average molecular weight is 439 g/mol. The Bertz CT molecular complexity index is 705. The summed E-state index contributed by atoms with van der Waals surface area (Å²) < 4.78 is 21.1. The molecule has 0 spiro atoms. The van der Waals surface area contributed by atoms with Crippen molar-refractivity contribution in [2.75, 3.05) is 40.1 Å². The van der Waals surface area contributed by atoms with Crippen molar-refractivity contribution >= 4 is 12.0 Å². The van der Waals surface area contributed by atoms with E-state index in [9.17, 15) is 9.59 Å². The zero-order valence-electron chi connectivity index (χ0n) is 19.9. The van der Waals surface area contributed by atoms with Gasteiger partial charge in [0.25, 0.3) is 0 Å². The summed E-state index contributed by atoms with van der Waals surface area (Å²) in [6.45, 7) is 13.0. The largest absolute Gasteiger partial charge is 0.447 e. The summed E-state index contributed by atoms with van der Waals surface area (Å²) in [5.74, 6) is -0.102. The minimum atomic E-state index is -0.663. The molecular formula is C23H38N2O6. The third-order valence-corrected chi connectivity index (χ3v) is 4.71. The fraction of sp³-hybridized carbons (Fsp3) is 0.652. The maximum atomic E-state index is 12.2. The summed E-state index contributed by atoms with van der Waals surface area (Å²) in [6.07, 6.45) is -0.582. The Morgan fingerprint density at radius 1 is 0.968 bits per heavy atom. The molecule has 1 unspecified atom stereocenters. The van der Waals surface area contributed by atoms with Gasteiger partial charge in [0, 0.05) is 14.0 Å². The lowest BCUT2D eigenvalue weighted by atomic mass is 9.87. The molecule has 0 aliphatic rings. The number of benzene rings is 1. The molecule has 0 saturated heterocycles. The van der Waals surface area contributed by atoms with Crippen molar-refractivity contribution < 1.29 is 28.5 Å². The fourth-order valence-corrected chi connectivity index (χ4v) is 3.00. The molecule has 2 N–H and O–H groups in total. The van der Waals surface area contributed by atoms with Gasteiger partial charge in [-0.1, -0.05) is 24.3 Å². The van der Waals surface area contributed by atoms with Crippen LogP contribution in [0.1, 0.15) is 52.7 Å². The second-order valence-corrected chi connectivity index (χ2v) is 8.52. The Morgan fingerprint density at radius 3 is 2.16 bits per heavy atom. The fourth-order valence-electron chi connectivity index (χ4n) is 3.00. The molecule has 0 aromatic heterocycles. The normalized spacial score (nSPS) is 12.9. The van der Waals surface area contributed by atoms with Crippen LogP contribution in [0.15, 0.2) is 24.3 Å². The molecule has 8 heteroatoms. The first-order valence-electron chi connectivity index (χ1n) is 10.5. The number of ether oxygens (including phenoxy) is 4. The van der Waals surface area contributed by atoms with Crippen LogP contribution in [0.5, 0.6) is 0 Å². The van der Waals surface area contributed by atoms with Crippen LogP contribution in [0.2, 0.25) is 0 Å². The third-order valence-electron chi connectivity index (χ3n) is 4.71. The summed E-state index contributed by atoms with van der Waals surface area (Å²) in [5.41, 5.74) is 0.654. The molecule has 2 amide bonds. The predicted octanol–water partition coefficient (Wildman–Crippen LogP) is 3.09.